The molecule has 4 unspecified atom stereocenters. The van der Waals surface area contributed by atoms with Crippen LogP contribution < -0.4 is 10.6 Å². The third-order valence-corrected chi connectivity index (χ3v) is 9.68. The highest BCUT2D eigenvalue weighted by atomic mass is 32.2. The normalized spacial score (nSPS) is 20.1. The zero-order chi connectivity index (χ0) is 30.4. The lowest BCUT2D eigenvalue weighted by molar-refractivity contribution is -0.147. The number of hydrogen-bond donors (Lipinski definition) is 4. The average molecular weight is 591 g/mol. The highest BCUT2D eigenvalue weighted by Gasteiger charge is 2.38. The van der Waals surface area contributed by atoms with Crippen LogP contribution in [0.15, 0.2) is 0 Å². The van der Waals surface area contributed by atoms with Crippen molar-refractivity contribution < 1.29 is 34.1 Å². The van der Waals surface area contributed by atoms with Crippen LogP contribution in [0.2, 0.25) is 0 Å². The molecule has 0 aromatic heterocycles. The van der Waals surface area contributed by atoms with E-state index in [1.54, 1.807) is 25.6 Å². The van der Waals surface area contributed by atoms with Crippen molar-refractivity contribution >= 4 is 47.2 Å². The van der Waals surface area contributed by atoms with E-state index in [4.69, 9.17) is 4.74 Å². The van der Waals surface area contributed by atoms with Crippen LogP contribution >= 0.6 is 23.5 Å². The highest BCUT2D eigenvalue weighted by Crippen LogP contribution is 2.40. The number of hydrogen-bond acceptors (Lipinski definition) is 8. The fourth-order valence-corrected chi connectivity index (χ4v) is 6.74. The van der Waals surface area contributed by atoms with Gasteiger partial charge in [-0.25, -0.2) is 4.79 Å². The summed E-state index contributed by atoms with van der Waals surface area (Å²) in [5, 5.41) is 25.5. The molecule has 0 heterocycles. The van der Waals surface area contributed by atoms with Gasteiger partial charge in [-0.2, -0.15) is 23.5 Å². The van der Waals surface area contributed by atoms with Crippen molar-refractivity contribution in [2.45, 2.75) is 122 Å². The van der Waals surface area contributed by atoms with Gasteiger partial charge in [0, 0.05) is 39.4 Å². The van der Waals surface area contributed by atoms with Crippen LogP contribution in [0, 0.1) is 10.8 Å². The van der Waals surface area contributed by atoms with Crippen molar-refractivity contribution in [3.05, 3.63) is 0 Å². The van der Waals surface area contributed by atoms with Gasteiger partial charge in [0.05, 0.1) is 17.6 Å². The summed E-state index contributed by atoms with van der Waals surface area (Å²) in [6, 6.07) is -1.72. The largest absolute Gasteiger partial charge is 0.480 e. The Morgan fingerprint density at radius 2 is 1.28 bits per heavy atom. The predicted molar refractivity (Wildman–Crippen MR) is 158 cm³/mol. The monoisotopic (exact) mass is 590 g/mol. The van der Waals surface area contributed by atoms with Crippen LogP contribution in [0.25, 0.3) is 0 Å². The summed E-state index contributed by atoms with van der Waals surface area (Å²) in [5.74, 6) is -1.70. The summed E-state index contributed by atoms with van der Waals surface area (Å²) >= 11 is 3.11. The molecule has 1 aliphatic rings. The van der Waals surface area contributed by atoms with Crippen molar-refractivity contribution in [3.8, 4) is 0 Å². The van der Waals surface area contributed by atoms with E-state index in [0.29, 0.717) is 5.75 Å². The summed E-state index contributed by atoms with van der Waals surface area (Å²) in [4.78, 5) is 49.0. The second-order valence-electron chi connectivity index (χ2n) is 13.8. The van der Waals surface area contributed by atoms with E-state index < -0.39 is 46.4 Å². The maximum atomic E-state index is 13.0. The third-order valence-electron chi connectivity index (χ3n) is 6.47. The standard InChI is InChI=1S/C28H50N2O7S2/c1-25(2,3)21(31)13-28(9,10)37-16-27(7,8)24(36)29-17(22(32)33)14-38-19-11-12-20(19)39-15-18(23(34)35)30-26(4,5)6/h17-20,30H,11-16H2,1-10H3,(H,29,36)(H,32,33)(H,34,35). The van der Waals surface area contributed by atoms with Crippen LogP contribution in [0.1, 0.15) is 88.5 Å². The maximum Gasteiger partial charge on any atom is 0.327 e. The second kappa shape index (κ2) is 14.0. The summed E-state index contributed by atoms with van der Waals surface area (Å²) in [6.45, 7) is 18.4. The molecule has 1 amide bonds. The van der Waals surface area contributed by atoms with E-state index in [1.165, 1.54) is 11.8 Å². The number of thioether (sulfide) groups is 2. The first-order valence-corrected chi connectivity index (χ1v) is 15.6. The number of Topliss-reactive ketones (excluding diaryl/α,β-unsaturated/α-hetero) is 1. The number of nitrogens with one attached hydrogen (secondary N) is 2. The predicted octanol–water partition coefficient (Wildman–Crippen LogP) is 4.22. The SMILES string of the molecule is CC(C)(C)NC(CSC1CCC1SCC(NC(=O)C(C)(C)COC(C)(C)CC(=O)C(C)(C)C)C(=O)O)C(=O)O. The minimum Gasteiger partial charge on any atom is -0.480 e. The van der Waals surface area contributed by atoms with Crippen molar-refractivity contribution in [3.63, 3.8) is 0 Å². The Morgan fingerprint density at radius 3 is 1.67 bits per heavy atom. The van der Waals surface area contributed by atoms with Crippen molar-refractivity contribution in [1.82, 2.24) is 10.6 Å². The topological polar surface area (TPSA) is 142 Å². The van der Waals surface area contributed by atoms with Crippen LogP contribution in [-0.2, 0) is 23.9 Å². The van der Waals surface area contributed by atoms with Gasteiger partial charge in [0.25, 0.3) is 0 Å². The van der Waals surface area contributed by atoms with Gasteiger partial charge in [0.2, 0.25) is 5.91 Å². The molecule has 0 spiro atoms. The van der Waals surface area contributed by atoms with Gasteiger partial charge >= 0.3 is 11.9 Å². The summed E-state index contributed by atoms with van der Waals surface area (Å²) in [7, 11) is 0. The summed E-state index contributed by atoms with van der Waals surface area (Å²) < 4.78 is 5.97. The molecular weight excluding hydrogens is 540 g/mol. The highest BCUT2D eigenvalue weighted by molar-refractivity contribution is 8.04. The Bertz CT molecular complexity index is 878. The van der Waals surface area contributed by atoms with E-state index in [9.17, 15) is 29.4 Å². The molecule has 0 aromatic carbocycles. The molecule has 0 aromatic rings. The molecule has 4 atom stereocenters. The van der Waals surface area contributed by atoms with Crippen LogP contribution in [-0.4, -0.2) is 85.7 Å². The Labute approximate surface area is 242 Å². The molecule has 39 heavy (non-hydrogen) atoms. The number of aliphatic carboxylic acids is 2. The number of ketones is 1. The second-order valence-corrected chi connectivity index (χ2v) is 16.3. The van der Waals surface area contributed by atoms with Crippen LogP contribution in [0.3, 0.4) is 0 Å². The summed E-state index contributed by atoms with van der Waals surface area (Å²) in [6.07, 6.45) is 2.09. The zero-order valence-electron chi connectivity index (χ0n) is 25.3. The van der Waals surface area contributed by atoms with Crippen molar-refractivity contribution in [1.29, 1.82) is 0 Å². The van der Waals surface area contributed by atoms with E-state index in [1.807, 2.05) is 55.4 Å². The van der Waals surface area contributed by atoms with E-state index in [0.717, 1.165) is 12.8 Å². The van der Waals surface area contributed by atoms with E-state index >= 15 is 0 Å². The minimum atomic E-state index is -1.10. The molecule has 0 radical (unpaired) electrons. The fourth-order valence-electron chi connectivity index (χ4n) is 3.63. The van der Waals surface area contributed by atoms with Gasteiger partial charge in [0.1, 0.15) is 17.9 Å². The smallest absolute Gasteiger partial charge is 0.327 e. The van der Waals surface area contributed by atoms with Gasteiger partial charge < -0.3 is 20.3 Å². The number of carboxylic acid groups (broad SMARTS) is 2. The Kier molecular flexibility index (Phi) is 12.9. The van der Waals surface area contributed by atoms with Gasteiger partial charge in [-0.3, -0.25) is 19.7 Å². The number of carboxylic acids is 2. The Balaban J connectivity index is 2.64. The molecule has 0 aliphatic heterocycles. The molecule has 0 saturated heterocycles. The molecule has 1 saturated carbocycles. The molecule has 1 aliphatic carbocycles. The van der Waals surface area contributed by atoms with Crippen LogP contribution in [0.4, 0.5) is 0 Å². The third kappa shape index (κ3) is 12.8. The van der Waals surface area contributed by atoms with E-state index in [-0.39, 0.29) is 40.6 Å². The molecular formula is C28H50N2O7S2. The lowest BCUT2D eigenvalue weighted by Crippen LogP contribution is -2.51. The van der Waals surface area contributed by atoms with Gasteiger partial charge in [-0.05, 0) is 61.3 Å². The van der Waals surface area contributed by atoms with Crippen molar-refractivity contribution in [2.24, 2.45) is 10.8 Å². The average Bonchev–Trinajstić information content (AvgIpc) is 2.73. The first-order valence-electron chi connectivity index (χ1n) is 13.5. The van der Waals surface area contributed by atoms with Crippen LogP contribution in [0.5, 0.6) is 0 Å². The Morgan fingerprint density at radius 1 is 0.821 bits per heavy atom. The number of amides is 1. The molecule has 9 nitrogen and oxygen atoms in total. The Hall–Kier alpha value is -1.30. The zero-order valence-corrected chi connectivity index (χ0v) is 26.9. The molecule has 4 N–H and O–H groups in total. The molecule has 11 heteroatoms. The lowest BCUT2D eigenvalue weighted by Gasteiger charge is -2.37. The number of carbonyl (C=O) groups is 4. The molecule has 1 rings (SSSR count). The fraction of sp³-hybridized carbons (Fsp3) is 0.857. The molecule has 0 bridgehead atoms. The molecule has 1 fully saturated rings. The van der Waals surface area contributed by atoms with Gasteiger partial charge in [-0.1, -0.05) is 20.8 Å². The lowest BCUT2D eigenvalue weighted by atomic mass is 9.84. The number of rotatable bonds is 16. The van der Waals surface area contributed by atoms with Crippen molar-refractivity contribution in [2.75, 3.05) is 18.1 Å². The summed E-state index contributed by atoms with van der Waals surface area (Å²) in [5.41, 5.74) is -2.56. The first-order chi connectivity index (χ1) is 17.5. The number of ether oxygens (including phenoxy) is 1. The van der Waals surface area contributed by atoms with Gasteiger partial charge in [0.15, 0.2) is 0 Å². The first kappa shape index (κ1) is 35.7. The quantitative estimate of drug-likeness (QED) is 0.206. The van der Waals surface area contributed by atoms with Gasteiger partial charge in [-0.15, -0.1) is 0 Å². The minimum absolute atomic E-state index is 0.0391. The maximum absolute atomic E-state index is 13.0. The number of carbonyl (C=O) groups excluding carboxylic acids is 2. The van der Waals surface area contributed by atoms with E-state index in [2.05, 4.69) is 10.6 Å². The molecule has 226 valence electrons.